The minimum Gasteiger partial charge on any atom is -0.306 e. The first kappa shape index (κ1) is 28.6. The quantitative estimate of drug-likeness (QED) is 0.140. The van der Waals surface area contributed by atoms with Crippen molar-refractivity contribution in [3.8, 4) is 17.1 Å². The number of nitrogens with zero attached hydrogens (tertiary/aromatic N) is 3. The lowest BCUT2D eigenvalue weighted by Crippen LogP contribution is -2.13. The van der Waals surface area contributed by atoms with E-state index in [0.29, 0.717) is 33.9 Å². The topological polar surface area (TPSA) is 193 Å². The van der Waals surface area contributed by atoms with Crippen molar-refractivity contribution in [2.45, 2.75) is 14.7 Å². The lowest BCUT2D eigenvalue weighted by molar-refractivity contribution is 0.479. The summed E-state index contributed by atoms with van der Waals surface area (Å²) < 4.78 is 103. The molecule has 0 aromatic heterocycles. The number of aromatic nitrogens is 2. The number of fused-ring (bicyclic) bond motifs is 4. The molecule has 4 aromatic rings. The molecule has 3 N–H and O–H groups in total. The van der Waals surface area contributed by atoms with Crippen molar-refractivity contribution < 1.29 is 38.9 Å². The van der Waals surface area contributed by atoms with Gasteiger partial charge in [-0.1, -0.05) is 36.4 Å². The lowest BCUT2D eigenvalue weighted by Gasteiger charge is -2.20. The normalized spacial score (nSPS) is 13.2. The van der Waals surface area contributed by atoms with Crippen molar-refractivity contribution in [1.82, 2.24) is 9.55 Å². The number of para-hydroxylation sites is 3. The van der Waals surface area contributed by atoms with E-state index >= 15 is 0 Å². The number of benzene rings is 5. The maximum atomic E-state index is 12.3. The summed E-state index contributed by atoms with van der Waals surface area (Å²) in [5, 5.41) is 0.534. The van der Waals surface area contributed by atoms with Gasteiger partial charge >= 0.3 is 0 Å². The van der Waals surface area contributed by atoms with Gasteiger partial charge in [0, 0.05) is 16.5 Å². The Kier molecular flexibility index (Phi) is 6.68. The van der Waals surface area contributed by atoms with Crippen LogP contribution < -0.4 is 5.36 Å². The molecule has 0 fully saturated rings. The Balaban J connectivity index is 1.83. The van der Waals surface area contributed by atoms with Crippen molar-refractivity contribution in [3.63, 3.8) is 0 Å². The zero-order valence-electron chi connectivity index (χ0n) is 21.6. The molecular weight excluding hydrogens is 619 g/mol. The van der Waals surface area contributed by atoms with Gasteiger partial charge in [-0.15, -0.1) is 0 Å². The first-order valence-electron chi connectivity index (χ1n) is 12.3. The minimum absolute atomic E-state index is 0.000678. The summed E-state index contributed by atoms with van der Waals surface area (Å²) >= 11 is 0. The fourth-order valence-corrected chi connectivity index (χ4v) is 6.58. The second-order valence-electron chi connectivity index (χ2n) is 9.41. The summed E-state index contributed by atoms with van der Waals surface area (Å²) in [7, 11) is -14.6. The minimum atomic E-state index is -5.07. The number of hydrogen-bond acceptors (Lipinski definition) is 8. The smallest absolute Gasteiger partial charge is 0.296 e. The molecule has 6 rings (SSSR count). The Morgan fingerprint density at radius 3 is 1.93 bits per heavy atom. The summed E-state index contributed by atoms with van der Waals surface area (Å²) in [6.45, 7) is 0. The van der Waals surface area contributed by atoms with E-state index < -0.39 is 50.7 Å². The highest BCUT2D eigenvalue weighted by Gasteiger charge is 2.23. The molecule has 1 aliphatic heterocycles. The van der Waals surface area contributed by atoms with Crippen LogP contribution in [0.2, 0.25) is 0 Å². The van der Waals surface area contributed by atoms with Crippen LogP contribution in [0.4, 0.5) is 5.69 Å². The van der Waals surface area contributed by atoms with Gasteiger partial charge in [0.15, 0.2) is 0 Å². The van der Waals surface area contributed by atoms with Gasteiger partial charge in [0.1, 0.15) is 4.90 Å². The maximum absolute atomic E-state index is 12.3. The first-order valence-corrected chi connectivity index (χ1v) is 16.6. The van der Waals surface area contributed by atoms with E-state index in [9.17, 15) is 38.9 Å². The molecule has 0 radical (unpaired) electrons. The van der Waals surface area contributed by atoms with E-state index in [1.807, 2.05) is 53.1 Å². The standard InChI is InChI=1S/C28H19N3O9S3/c32-41(33,34)18-10-12-20-21(14-18)24(29-23-13-11-19(42(35,36)37)15-27(23)43(38,39)40)16-26-28(20)30-22-8-4-5-9-25(22)31(26)17-6-2-1-3-7-17/h1-16H,(H,32,33,34)(H,35,36,37)(H,38,39,40). The molecule has 0 bridgehead atoms. The molecule has 0 saturated heterocycles. The van der Waals surface area contributed by atoms with E-state index in [0.717, 1.165) is 23.9 Å². The monoisotopic (exact) mass is 637 g/mol. The Labute approximate surface area is 244 Å². The van der Waals surface area contributed by atoms with Gasteiger partial charge in [-0.25, -0.2) is 9.98 Å². The molecule has 1 aliphatic carbocycles. The molecule has 12 nitrogen and oxygen atoms in total. The van der Waals surface area contributed by atoms with E-state index in [1.54, 1.807) is 6.07 Å². The van der Waals surface area contributed by atoms with Gasteiger partial charge in [-0.05, 0) is 60.7 Å². The molecule has 4 aromatic carbocycles. The Hall–Kier alpha value is -4.51. The highest BCUT2D eigenvalue weighted by molar-refractivity contribution is 7.86. The van der Waals surface area contributed by atoms with Crippen molar-refractivity contribution in [2.75, 3.05) is 0 Å². The van der Waals surface area contributed by atoms with Crippen LogP contribution in [-0.2, 0) is 30.4 Å². The van der Waals surface area contributed by atoms with Gasteiger partial charge in [-0.3, -0.25) is 13.7 Å². The molecular formula is C28H19N3O9S3. The van der Waals surface area contributed by atoms with Crippen LogP contribution in [0.5, 0.6) is 0 Å². The lowest BCUT2D eigenvalue weighted by atomic mass is 10.0. The summed E-state index contributed by atoms with van der Waals surface area (Å²) in [5.74, 6) is 0. The Morgan fingerprint density at radius 1 is 0.628 bits per heavy atom. The zero-order valence-corrected chi connectivity index (χ0v) is 24.0. The summed E-state index contributed by atoms with van der Waals surface area (Å²) in [4.78, 5) is 7.05. The zero-order chi connectivity index (χ0) is 30.7. The average Bonchev–Trinajstić information content (AvgIpc) is 2.95. The van der Waals surface area contributed by atoms with Crippen LogP contribution >= 0.6 is 0 Å². The molecule has 0 saturated carbocycles. The third kappa shape index (κ3) is 5.29. The van der Waals surface area contributed by atoms with Gasteiger partial charge < -0.3 is 4.57 Å². The fourth-order valence-electron chi connectivity index (χ4n) is 4.83. The van der Waals surface area contributed by atoms with Gasteiger partial charge in [0.25, 0.3) is 30.4 Å². The fraction of sp³-hybridized carbons (Fsp3) is 0. The van der Waals surface area contributed by atoms with Crippen LogP contribution in [0.15, 0.2) is 117 Å². The molecule has 0 spiro atoms. The van der Waals surface area contributed by atoms with Crippen molar-refractivity contribution >= 4 is 57.8 Å². The molecule has 2 aliphatic rings. The van der Waals surface area contributed by atoms with Crippen LogP contribution in [0, 0.1) is 0 Å². The Bertz CT molecular complexity index is 2480. The van der Waals surface area contributed by atoms with Crippen LogP contribution in [0.1, 0.15) is 0 Å². The van der Waals surface area contributed by atoms with E-state index in [1.165, 1.54) is 18.2 Å². The first-order chi connectivity index (χ1) is 20.2. The van der Waals surface area contributed by atoms with Crippen LogP contribution in [-0.4, -0.2) is 48.5 Å². The third-order valence-electron chi connectivity index (χ3n) is 6.69. The maximum Gasteiger partial charge on any atom is 0.296 e. The van der Waals surface area contributed by atoms with Gasteiger partial charge in [0.2, 0.25) is 0 Å². The van der Waals surface area contributed by atoms with Crippen molar-refractivity contribution in [1.29, 1.82) is 0 Å². The second-order valence-corrected chi connectivity index (χ2v) is 13.6. The molecule has 0 atom stereocenters. The highest BCUT2D eigenvalue weighted by Crippen LogP contribution is 2.34. The SMILES string of the molecule is O=S(=O)(O)c1ccc(N=c2cc3n(-c4ccccc4)c4ccccc4nc-3c3ccc(S(=O)(=O)O)cc23)c(S(=O)(=O)O)c1. The predicted molar refractivity (Wildman–Crippen MR) is 156 cm³/mol. The van der Waals surface area contributed by atoms with E-state index in [-0.39, 0.29) is 10.7 Å². The van der Waals surface area contributed by atoms with Crippen molar-refractivity contribution in [2.24, 2.45) is 4.99 Å². The van der Waals surface area contributed by atoms with Gasteiger partial charge in [-0.2, -0.15) is 25.3 Å². The van der Waals surface area contributed by atoms with E-state index in [4.69, 9.17) is 4.98 Å². The Morgan fingerprint density at radius 2 is 1.26 bits per heavy atom. The number of rotatable bonds is 5. The van der Waals surface area contributed by atoms with Gasteiger partial charge in [0.05, 0.1) is 43.3 Å². The molecule has 218 valence electrons. The van der Waals surface area contributed by atoms with Crippen LogP contribution in [0.25, 0.3) is 38.9 Å². The molecule has 1 heterocycles. The summed E-state index contributed by atoms with van der Waals surface area (Å²) in [6.07, 6.45) is 0. The largest absolute Gasteiger partial charge is 0.306 e. The predicted octanol–water partition coefficient (Wildman–Crippen LogP) is 4.26. The third-order valence-corrected chi connectivity index (χ3v) is 9.28. The summed E-state index contributed by atoms with van der Waals surface area (Å²) in [5.41, 5.74) is 2.55. The molecule has 15 heteroatoms. The summed E-state index contributed by atoms with van der Waals surface area (Å²) in [6, 6.07) is 24.2. The second kappa shape index (κ2) is 10.0. The van der Waals surface area contributed by atoms with Crippen LogP contribution in [0.3, 0.4) is 0 Å². The molecule has 0 amide bonds. The average molecular weight is 638 g/mol. The van der Waals surface area contributed by atoms with E-state index in [2.05, 4.69) is 4.99 Å². The number of hydrogen-bond donors (Lipinski definition) is 3. The molecule has 0 unspecified atom stereocenters. The van der Waals surface area contributed by atoms with Crippen molar-refractivity contribution in [3.05, 3.63) is 102 Å². The molecule has 43 heavy (non-hydrogen) atoms. The highest BCUT2D eigenvalue weighted by atomic mass is 32.2.